The maximum Gasteiger partial charge on any atom is 0.241 e. The summed E-state index contributed by atoms with van der Waals surface area (Å²) in [5, 5.41) is 12.4. The molecule has 1 heterocycles. The zero-order chi connectivity index (χ0) is 23.4. The third kappa shape index (κ3) is 5.61. The third-order valence-corrected chi connectivity index (χ3v) is 7.00. The van der Waals surface area contributed by atoms with Crippen LogP contribution in [0.15, 0.2) is 59.8 Å². The number of fused-ring (bicyclic) bond motifs is 1. The van der Waals surface area contributed by atoms with Crippen LogP contribution in [0.3, 0.4) is 0 Å². The topological polar surface area (TPSA) is 99.2 Å². The van der Waals surface area contributed by atoms with Crippen LogP contribution in [0.2, 0.25) is 0 Å². The zero-order valence-electron chi connectivity index (χ0n) is 18.6. The molecule has 0 fully saturated rings. The highest BCUT2D eigenvalue weighted by atomic mass is 32.2. The number of halogens is 1. The van der Waals surface area contributed by atoms with Gasteiger partial charge in [0.25, 0.3) is 0 Å². The summed E-state index contributed by atoms with van der Waals surface area (Å²) < 4.78 is 44.7. The number of sulfonamides is 1. The normalized spacial score (nSPS) is 17.8. The Kier molecular flexibility index (Phi) is 7.11. The first-order valence-corrected chi connectivity index (χ1v) is 12.6. The lowest BCUT2D eigenvalue weighted by Crippen LogP contribution is -2.23. The molecule has 7 nitrogen and oxygen atoms in total. The Bertz CT molecular complexity index is 1200. The van der Waals surface area contributed by atoms with Gasteiger partial charge in [0.15, 0.2) is 11.6 Å². The van der Waals surface area contributed by atoms with E-state index in [9.17, 15) is 12.8 Å². The minimum atomic E-state index is -3.77. The Labute approximate surface area is 193 Å². The fraction of sp³-hybridized carbons (Fsp3) is 0.375. The molecule has 33 heavy (non-hydrogen) atoms. The Balaban J connectivity index is 1.43. The molecule has 1 aliphatic carbocycles. The van der Waals surface area contributed by atoms with E-state index >= 15 is 0 Å². The smallest absolute Gasteiger partial charge is 0.241 e. The van der Waals surface area contributed by atoms with Gasteiger partial charge in [0.1, 0.15) is 4.90 Å². The molecule has 1 aromatic heterocycles. The van der Waals surface area contributed by atoms with Gasteiger partial charge in [-0.1, -0.05) is 30.3 Å². The second-order valence-electron chi connectivity index (χ2n) is 8.49. The molecule has 0 bridgehead atoms. The highest BCUT2D eigenvalue weighted by Gasteiger charge is 2.33. The standard InChI is InChI=1S/C24H29FN4O3S/c1-27-14-19-11-18-12-23(25)24(13-22(18)21(19)10-17-6-3-2-4-7-17)32-9-5-8-29-16-20(15-28-29)33(26,30)31/h2-4,6-7,12-13,15-16,19,21,27H,5,8-11,14H2,1H3,(H2,26,30,31). The van der Waals surface area contributed by atoms with Crippen LogP contribution in [0.4, 0.5) is 4.39 Å². The van der Waals surface area contributed by atoms with Crippen LogP contribution < -0.4 is 15.2 Å². The number of aryl methyl sites for hydroxylation is 1. The van der Waals surface area contributed by atoms with Crippen molar-refractivity contribution in [3.63, 3.8) is 0 Å². The maximum atomic E-state index is 14.8. The van der Waals surface area contributed by atoms with E-state index in [0.29, 0.717) is 24.8 Å². The Morgan fingerprint density at radius 3 is 2.76 bits per heavy atom. The lowest BCUT2D eigenvalue weighted by Gasteiger charge is -2.21. The molecule has 0 saturated heterocycles. The van der Waals surface area contributed by atoms with Gasteiger partial charge in [0.2, 0.25) is 10.0 Å². The molecule has 0 aliphatic heterocycles. The second kappa shape index (κ2) is 10.0. The summed E-state index contributed by atoms with van der Waals surface area (Å²) in [4.78, 5) is -0.0336. The minimum absolute atomic E-state index is 0.0336. The van der Waals surface area contributed by atoms with Crippen molar-refractivity contribution in [2.24, 2.45) is 11.1 Å². The summed E-state index contributed by atoms with van der Waals surface area (Å²) >= 11 is 0. The van der Waals surface area contributed by atoms with Gasteiger partial charge in [-0.25, -0.2) is 17.9 Å². The minimum Gasteiger partial charge on any atom is -0.490 e. The van der Waals surface area contributed by atoms with Gasteiger partial charge >= 0.3 is 0 Å². The number of primary sulfonamides is 1. The van der Waals surface area contributed by atoms with E-state index in [-0.39, 0.29) is 23.1 Å². The maximum absolute atomic E-state index is 14.8. The van der Waals surface area contributed by atoms with Crippen LogP contribution in [0, 0.1) is 11.7 Å². The molecule has 2 unspecified atom stereocenters. The number of aromatic nitrogens is 2. The first kappa shape index (κ1) is 23.4. The van der Waals surface area contributed by atoms with Crippen molar-refractivity contribution in [1.29, 1.82) is 0 Å². The van der Waals surface area contributed by atoms with Crippen LogP contribution in [-0.4, -0.2) is 38.4 Å². The number of nitrogens with one attached hydrogen (secondary N) is 1. The molecule has 2 atom stereocenters. The summed E-state index contributed by atoms with van der Waals surface area (Å²) in [5.74, 6) is 0.585. The van der Waals surface area contributed by atoms with E-state index in [0.717, 1.165) is 30.5 Å². The van der Waals surface area contributed by atoms with Gasteiger partial charge in [0.05, 0.1) is 12.8 Å². The average molecular weight is 473 g/mol. The molecule has 176 valence electrons. The highest BCUT2D eigenvalue weighted by Crippen LogP contribution is 2.42. The third-order valence-electron chi connectivity index (χ3n) is 6.14. The fourth-order valence-electron chi connectivity index (χ4n) is 4.57. The fourth-order valence-corrected chi connectivity index (χ4v) is 5.03. The monoisotopic (exact) mass is 472 g/mol. The molecule has 3 N–H and O–H groups in total. The van der Waals surface area contributed by atoms with Crippen molar-refractivity contribution >= 4 is 10.0 Å². The Hall–Kier alpha value is -2.75. The SMILES string of the molecule is CNCC1Cc2cc(F)c(OCCCn3cc(S(N)(=O)=O)cn3)cc2C1Cc1ccccc1. The summed E-state index contributed by atoms with van der Waals surface area (Å²) in [5.41, 5.74) is 3.47. The molecule has 4 rings (SSSR count). The van der Waals surface area contributed by atoms with E-state index in [4.69, 9.17) is 9.88 Å². The molecule has 0 radical (unpaired) electrons. The zero-order valence-corrected chi connectivity index (χ0v) is 19.4. The largest absolute Gasteiger partial charge is 0.490 e. The van der Waals surface area contributed by atoms with E-state index in [1.165, 1.54) is 22.6 Å². The summed E-state index contributed by atoms with van der Waals surface area (Å²) in [6.07, 6.45) is 4.87. The first-order chi connectivity index (χ1) is 15.8. The van der Waals surface area contributed by atoms with Gasteiger partial charge in [-0.2, -0.15) is 5.10 Å². The van der Waals surface area contributed by atoms with Crippen LogP contribution in [0.5, 0.6) is 5.75 Å². The second-order valence-corrected chi connectivity index (χ2v) is 10.0. The van der Waals surface area contributed by atoms with Crippen LogP contribution in [0.25, 0.3) is 0 Å². The van der Waals surface area contributed by atoms with E-state index in [1.807, 2.05) is 31.3 Å². The molecule has 0 spiro atoms. The molecular weight excluding hydrogens is 443 g/mol. The number of ether oxygens (including phenoxy) is 1. The van der Waals surface area contributed by atoms with Gasteiger partial charge in [-0.3, -0.25) is 4.68 Å². The van der Waals surface area contributed by atoms with Crippen molar-refractivity contribution in [2.75, 3.05) is 20.2 Å². The van der Waals surface area contributed by atoms with Crippen molar-refractivity contribution in [1.82, 2.24) is 15.1 Å². The van der Waals surface area contributed by atoms with Crippen LogP contribution >= 0.6 is 0 Å². The molecular formula is C24H29FN4O3S. The average Bonchev–Trinajstić information content (AvgIpc) is 3.38. The summed E-state index contributed by atoms with van der Waals surface area (Å²) in [7, 11) is -1.82. The molecule has 3 aromatic rings. The predicted octanol–water partition coefficient (Wildman–Crippen LogP) is 2.86. The number of benzene rings is 2. The van der Waals surface area contributed by atoms with Crippen LogP contribution in [-0.2, 0) is 29.4 Å². The highest BCUT2D eigenvalue weighted by molar-refractivity contribution is 7.89. The number of rotatable bonds is 10. The lowest BCUT2D eigenvalue weighted by molar-refractivity contribution is 0.284. The Morgan fingerprint density at radius 1 is 1.27 bits per heavy atom. The first-order valence-electron chi connectivity index (χ1n) is 11.0. The number of hydrogen-bond donors (Lipinski definition) is 2. The van der Waals surface area contributed by atoms with E-state index in [2.05, 4.69) is 22.5 Å². The van der Waals surface area contributed by atoms with E-state index in [1.54, 1.807) is 6.07 Å². The van der Waals surface area contributed by atoms with Crippen molar-refractivity contribution in [3.8, 4) is 5.75 Å². The predicted molar refractivity (Wildman–Crippen MR) is 124 cm³/mol. The van der Waals surface area contributed by atoms with Gasteiger partial charge in [-0.15, -0.1) is 0 Å². The van der Waals surface area contributed by atoms with Gasteiger partial charge in [0, 0.05) is 19.2 Å². The molecule has 0 saturated carbocycles. The van der Waals surface area contributed by atoms with Crippen molar-refractivity contribution in [3.05, 3.63) is 77.4 Å². The van der Waals surface area contributed by atoms with Crippen molar-refractivity contribution in [2.45, 2.75) is 36.6 Å². The van der Waals surface area contributed by atoms with E-state index < -0.39 is 10.0 Å². The van der Waals surface area contributed by atoms with Gasteiger partial charge < -0.3 is 10.1 Å². The van der Waals surface area contributed by atoms with Gasteiger partial charge in [-0.05, 0) is 67.1 Å². The molecule has 0 amide bonds. The number of hydrogen-bond acceptors (Lipinski definition) is 5. The molecule has 2 aromatic carbocycles. The lowest BCUT2D eigenvalue weighted by atomic mass is 9.86. The molecule has 9 heteroatoms. The summed E-state index contributed by atoms with van der Waals surface area (Å²) in [6, 6.07) is 13.8. The number of nitrogens with zero attached hydrogens (tertiary/aromatic N) is 2. The number of nitrogens with two attached hydrogens (primary N) is 1. The summed E-state index contributed by atoms with van der Waals surface area (Å²) in [6.45, 7) is 1.58. The Morgan fingerprint density at radius 2 is 2.06 bits per heavy atom. The quantitative estimate of drug-likeness (QED) is 0.442. The van der Waals surface area contributed by atoms with Crippen molar-refractivity contribution < 1.29 is 17.5 Å². The van der Waals surface area contributed by atoms with Crippen LogP contribution in [0.1, 0.15) is 29.0 Å². The molecule has 1 aliphatic rings.